The minimum atomic E-state index is -0.932. The number of nitrogens with zero attached hydrogens (tertiary/aromatic N) is 2. The van der Waals surface area contributed by atoms with Crippen LogP contribution in [0.25, 0.3) is 0 Å². The predicted octanol–water partition coefficient (Wildman–Crippen LogP) is 2.23. The van der Waals surface area contributed by atoms with Crippen LogP contribution >= 0.6 is 0 Å². The van der Waals surface area contributed by atoms with Crippen LogP contribution in [0.15, 0.2) is 18.2 Å². The van der Waals surface area contributed by atoms with E-state index < -0.39 is 17.0 Å². The Balaban J connectivity index is 2.12. The number of carbonyl (C=O) groups is 1. The molecule has 0 aromatic heterocycles. The molecule has 0 unspecified atom stereocenters. The lowest BCUT2D eigenvalue weighted by molar-refractivity contribution is -0.134. The van der Waals surface area contributed by atoms with Crippen LogP contribution in [0.5, 0.6) is 0 Å². The zero-order chi connectivity index (χ0) is 13.3. The second-order valence-corrected chi connectivity index (χ2v) is 4.59. The molecule has 0 heterocycles. The van der Waals surface area contributed by atoms with E-state index in [0.29, 0.717) is 12.8 Å². The first-order valence-electron chi connectivity index (χ1n) is 5.59. The lowest BCUT2D eigenvalue weighted by Crippen LogP contribution is -2.33. The first-order valence-corrected chi connectivity index (χ1v) is 5.59. The van der Waals surface area contributed by atoms with E-state index in [1.807, 2.05) is 6.07 Å². The largest absolute Gasteiger partial charge is 0.340 e. The molecule has 1 saturated carbocycles. The van der Waals surface area contributed by atoms with Gasteiger partial charge in [-0.05, 0) is 31.0 Å². The second-order valence-electron chi connectivity index (χ2n) is 4.59. The van der Waals surface area contributed by atoms with Crippen LogP contribution < -0.4 is 0 Å². The number of nitriles is 1. The molecule has 1 amide bonds. The van der Waals surface area contributed by atoms with E-state index in [1.54, 1.807) is 0 Å². The standard InChI is InChI=1S/C13H12F2N2O/c1-17(12(18)13(8-16)4-5-13)7-9-6-10(14)2-3-11(9)15/h2-3,6H,4-5,7H2,1H3. The van der Waals surface area contributed by atoms with Crippen molar-refractivity contribution in [1.82, 2.24) is 4.90 Å². The van der Waals surface area contributed by atoms with Crippen LogP contribution in [0.2, 0.25) is 0 Å². The van der Waals surface area contributed by atoms with Gasteiger partial charge in [-0.1, -0.05) is 0 Å². The SMILES string of the molecule is CN(Cc1cc(F)ccc1F)C(=O)C1(C#N)CC1. The molecular formula is C13H12F2N2O. The Kier molecular flexibility index (Phi) is 3.04. The Morgan fingerprint density at radius 2 is 2.17 bits per heavy atom. The summed E-state index contributed by atoms with van der Waals surface area (Å²) in [7, 11) is 1.49. The molecule has 0 bridgehead atoms. The molecule has 5 heteroatoms. The number of amides is 1. The quantitative estimate of drug-likeness (QED) is 0.825. The lowest BCUT2D eigenvalue weighted by atomic mass is 10.1. The van der Waals surface area contributed by atoms with Crippen LogP contribution in [0.3, 0.4) is 0 Å². The molecule has 1 aliphatic carbocycles. The molecule has 0 N–H and O–H groups in total. The molecule has 1 aliphatic rings. The summed E-state index contributed by atoms with van der Waals surface area (Å²) >= 11 is 0. The van der Waals surface area contributed by atoms with Crippen molar-refractivity contribution in [3.8, 4) is 6.07 Å². The number of hydrogen-bond acceptors (Lipinski definition) is 2. The van der Waals surface area contributed by atoms with E-state index in [1.165, 1.54) is 11.9 Å². The van der Waals surface area contributed by atoms with Crippen molar-refractivity contribution in [2.75, 3.05) is 7.05 Å². The van der Waals surface area contributed by atoms with Crippen molar-refractivity contribution in [1.29, 1.82) is 5.26 Å². The summed E-state index contributed by atoms with van der Waals surface area (Å²) in [4.78, 5) is 13.2. The Morgan fingerprint density at radius 3 is 2.72 bits per heavy atom. The topological polar surface area (TPSA) is 44.1 Å². The molecule has 0 aliphatic heterocycles. The first-order chi connectivity index (χ1) is 8.48. The Bertz CT molecular complexity index is 532. The summed E-state index contributed by atoms with van der Waals surface area (Å²) in [5, 5.41) is 8.91. The number of benzene rings is 1. The van der Waals surface area contributed by atoms with Crippen LogP contribution in [-0.4, -0.2) is 17.9 Å². The van der Waals surface area contributed by atoms with Crippen molar-refractivity contribution < 1.29 is 13.6 Å². The van der Waals surface area contributed by atoms with Gasteiger partial charge in [0.05, 0.1) is 6.07 Å². The third kappa shape index (κ3) is 2.19. The summed E-state index contributed by atoms with van der Waals surface area (Å²) in [6.45, 7) is -0.0359. The van der Waals surface area contributed by atoms with Gasteiger partial charge < -0.3 is 4.90 Å². The van der Waals surface area contributed by atoms with Gasteiger partial charge in [0.25, 0.3) is 0 Å². The highest BCUT2D eigenvalue weighted by Crippen LogP contribution is 2.46. The maximum absolute atomic E-state index is 13.4. The van der Waals surface area contributed by atoms with Crippen molar-refractivity contribution in [2.45, 2.75) is 19.4 Å². The maximum Gasteiger partial charge on any atom is 0.243 e. The molecule has 18 heavy (non-hydrogen) atoms. The number of hydrogen-bond donors (Lipinski definition) is 0. The predicted molar refractivity (Wildman–Crippen MR) is 60.1 cm³/mol. The minimum absolute atomic E-state index is 0.0359. The highest BCUT2D eigenvalue weighted by molar-refractivity contribution is 5.88. The van der Waals surface area contributed by atoms with E-state index in [0.717, 1.165) is 18.2 Å². The zero-order valence-corrected chi connectivity index (χ0v) is 9.91. The summed E-state index contributed by atoms with van der Waals surface area (Å²) in [5.74, 6) is -1.43. The highest BCUT2D eigenvalue weighted by atomic mass is 19.1. The van der Waals surface area contributed by atoms with Gasteiger partial charge in [0.15, 0.2) is 0 Å². The second kappa shape index (κ2) is 4.37. The number of halogens is 2. The van der Waals surface area contributed by atoms with Gasteiger partial charge in [-0.25, -0.2) is 8.78 Å². The van der Waals surface area contributed by atoms with Crippen molar-refractivity contribution in [3.63, 3.8) is 0 Å². The number of carbonyl (C=O) groups excluding carboxylic acids is 1. The van der Waals surface area contributed by atoms with Crippen molar-refractivity contribution in [2.24, 2.45) is 5.41 Å². The van der Waals surface area contributed by atoms with Gasteiger partial charge in [0.2, 0.25) is 5.91 Å². The van der Waals surface area contributed by atoms with E-state index in [-0.39, 0.29) is 18.0 Å². The van der Waals surface area contributed by atoms with Crippen LogP contribution in [0.4, 0.5) is 8.78 Å². The average molecular weight is 250 g/mol. The Morgan fingerprint density at radius 1 is 1.50 bits per heavy atom. The average Bonchev–Trinajstić information content (AvgIpc) is 3.14. The van der Waals surface area contributed by atoms with E-state index in [4.69, 9.17) is 5.26 Å². The minimum Gasteiger partial charge on any atom is -0.340 e. The van der Waals surface area contributed by atoms with E-state index >= 15 is 0 Å². The molecule has 1 aromatic rings. The first kappa shape index (κ1) is 12.5. The Labute approximate surface area is 104 Å². The fraction of sp³-hybridized carbons (Fsp3) is 0.385. The fourth-order valence-electron chi connectivity index (χ4n) is 1.86. The van der Waals surface area contributed by atoms with Gasteiger partial charge in [-0.3, -0.25) is 4.79 Å². The molecule has 0 atom stereocenters. The van der Waals surface area contributed by atoms with Gasteiger partial charge in [-0.15, -0.1) is 0 Å². The third-order valence-electron chi connectivity index (χ3n) is 3.14. The van der Waals surface area contributed by atoms with E-state index in [2.05, 4.69) is 0 Å². The summed E-state index contributed by atoms with van der Waals surface area (Å²) < 4.78 is 26.4. The van der Waals surface area contributed by atoms with Gasteiger partial charge in [-0.2, -0.15) is 5.26 Å². The maximum atomic E-state index is 13.4. The van der Waals surface area contributed by atoms with Gasteiger partial charge >= 0.3 is 0 Å². The fourth-order valence-corrected chi connectivity index (χ4v) is 1.86. The number of rotatable bonds is 3. The smallest absolute Gasteiger partial charge is 0.243 e. The molecule has 0 spiro atoms. The molecule has 2 rings (SSSR count). The van der Waals surface area contributed by atoms with Crippen molar-refractivity contribution in [3.05, 3.63) is 35.4 Å². The van der Waals surface area contributed by atoms with Gasteiger partial charge in [0, 0.05) is 19.2 Å². The van der Waals surface area contributed by atoms with Crippen LogP contribution in [0, 0.1) is 28.4 Å². The Hall–Kier alpha value is -1.96. The summed E-state index contributed by atoms with van der Waals surface area (Å²) in [5.41, 5.74) is -0.821. The molecule has 1 fully saturated rings. The summed E-state index contributed by atoms with van der Waals surface area (Å²) in [6.07, 6.45) is 1.08. The summed E-state index contributed by atoms with van der Waals surface area (Å²) in [6, 6.07) is 5.10. The molecule has 0 radical (unpaired) electrons. The zero-order valence-electron chi connectivity index (χ0n) is 9.91. The molecular weight excluding hydrogens is 238 g/mol. The van der Waals surface area contributed by atoms with Crippen LogP contribution in [-0.2, 0) is 11.3 Å². The molecule has 3 nitrogen and oxygen atoms in total. The normalized spacial score (nSPS) is 15.9. The highest BCUT2D eigenvalue weighted by Gasteiger charge is 2.51. The third-order valence-corrected chi connectivity index (χ3v) is 3.14. The van der Waals surface area contributed by atoms with Gasteiger partial charge in [0.1, 0.15) is 17.0 Å². The van der Waals surface area contributed by atoms with Crippen LogP contribution in [0.1, 0.15) is 18.4 Å². The molecule has 0 saturated heterocycles. The molecule has 94 valence electrons. The van der Waals surface area contributed by atoms with Crippen molar-refractivity contribution >= 4 is 5.91 Å². The monoisotopic (exact) mass is 250 g/mol. The lowest BCUT2D eigenvalue weighted by Gasteiger charge is -2.20. The van der Waals surface area contributed by atoms with E-state index in [9.17, 15) is 13.6 Å². The molecule has 1 aromatic carbocycles.